The summed E-state index contributed by atoms with van der Waals surface area (Å²) in [5.41, 5.74) is 1.47. The predicted octanol–water partition coefficient (Wildman–Crippen LogP) is 2.29. The molecule has 0 spiro atoms. The van der Waals surface area contributed by atoms with E-state index in [-0.39, 0.29) is 16.7 Å². The molecule has 2 aliphatic heterocycles. The standard InChI is InChI=1S/C19H29N3O4S/c1-3-15(2)19(23)20-17-14-16(6-7-18(17)21-8-4-5-9-21)27(24,25)22-10-12-26-13-11-22/h6-7,14-15H,3-5,8-13H2,1-2H3,(H,20,23). The first kappa shape index (κ1) is 20.1. The number of nitrogens with one attached hydrogen (secondary N) is 1. The van der Waals surface area contributed by atoms with E-state index in [0.717, 1.165) is 38.0 Å². The van der Waals surface area contributed by atoms with E-state index in [0.29, 0.717) is 32.0 Å². The molecule has 150 valence electrons. The highest BCUT2D eigenvalue weighted by molar-refractivity contribution is 7.89. The van der Waals surface area contributed by atoms with Gasteiger partial charge in [-0.05, 0) is 37.5 Å². The van der Waals surface area contributed by atoms with Crippen LogP contribution in [0.1, 0.15) is 33.1 Å². The Labute approximate surface area is 161 Å². The molecule has 2 aliphatic rings. The molecule has 0 saturated carbocycles. The molecule has 1 atom stereocenters. The first-order valence-electron chi connectivity index (χ1n) is 9.71. The second-order valence-electron chi connectivity index (χ2n) is 7.19. The Morgan fingerprint density at radius 3 is 2.48 bits per heavy atom. The molecule has 27 heavy (non-hydrogen) atoms. The molecule has 1 aromatic carbocycles. The Morgan fingerprint density at radius 1 is 1.19 bits per heavy atom. The third-order valence-corrected chi connectivity index (χ3v) is 7.24. The number of hydrogen-bond donors (Lipinski definition) is 1. The van der Waals surface area contributed by atoms with Crippen LogP contribution in [0.15, 0.2) is 23.1 Å². The molecule has 0 radical (unpaired) electrons. The van der Waals surface area contributed by atoms with Crippen molar-refractivity contribution in [2.75, 3.05) is 49.6 Å². The number of benzene rings is 1. The van der Waals surface area contributed by atoms with Crippen LogP contribution in [0.3, 0.4) is 0 Å². The zero-order chi connectivity index (χ0) is 19.4. The van der Waals surface area contributed by atoms with Gasteiger partial charge in [-0.15, -0.1) is 0 Å². The van der Waals surface area contributed by atoms with Gasteiger partial charge in [0.15, 0.2) is 0 Å². The van der Waals surface area contributed by atoms with Crippen LogP contribution in [0.4, 0.5) is 11.4 Å². The highest BCUT2D eigenvalue weighted by atomic mass is 32.2. The van der Waals surface area contributed by atoms with Crippen molar-refractivity contribution in [3.8, 4) is 0 Å². The first-order valence-corrected chi connectivity index (χ1v) is 11.1. The van der Waals surface area contributed by atoms with Crippen molar-refractivity contribution in [3.63, 3.8) is 0 Å². The first-order chi connectivity index (χ1) is 12.9. The van der Waals surface area contributed by atoms with Gasteiger partial charge in [-0.1, -0.05) is 13.8 Å². The largest absolute Gasteiger partial charge is 0.379 e. The summed E-state index contributed by atoms with van der Waals surface area (Å²) in [6.07, 6.45) is 2.94. The van der Waals surface area contributed by atoms with Crippen LogP contribution in [0.2, 0.25) is 0 Å². The SMILES string of the molecule is CCC(C)C(=O)Nc1cc(S(=O)(=O)N2CCOCC2)ccc1N1CCCC1. The van der Waals surface area contributed by atoms with Crippen LogP contribution in [-0.2, 0) is 19.6 Å². The van der Waals surface area contributed by atoms with E-state index in [4.69, 9.17) is 4.74 Å². The lowest BCUT2D eigenvalue weighted by atomic mass is 10.1. The molecule has 1 amide bonds. The summed E-state index contributed by atoms with van der Waals surface area (Å²) in [5, 5.41) is 2.97. The monoisotopic (exact) mass is 395 g/mol. The minimum atomic E-state index is -3.60. The van der Waals surface area contributed by atoms with Gasteiger partial charge in [0.1, 0.15) is 0 Å². The fourth-order valence-electron chi connectivity index (χ4n) is 3.39. The molecule has 0 bridgehead atoms. The van der Waals surface area contributed by atoms with Crippen molar-refractivity contribution in [3.05, 3.63) is 18.2 Å². The van der Waals surface area contributed by atoms with E-state index >= 15 is 0 Å². The topological polar surface area (TPSA) is 79.0 Å². The summed E-state index contributed by atoms with van der Waals surface area (Å²) in [5.74, 6) is -0.213. The summed E-state index contributed by atoms with van der Waals surface area (Å²) in [7, 11) is -3.60. The number of morpholine rings is 1. The van der Waals surface area contributed by atoms with Gasteiger partial charge in [0.2, 0.25) is 15.9 Å². The molecular weight excluding hydrogens is 366 g/mol. The van der Waals surface area contributed by atoms with Gasteiger partial charge in [0, 0.05) is 32.1 Å². The van der Waals surface area contributed by atoms with Gasteiger partial charge < -0.3 is 15.0 Å². The summed E-state index contributed by atoms with van der Waals surface area (Å²) >= 11 is 0. The fraction of sp³-hybridized carbons (Fsp3) is 0.632. The van der Waals surface area contributed by atoms with Crippen molar-refractivity contribution in [2.45, 2.75) is 38.0 Å². The Balaban J connectivity index is 1.94. The summed E-state index contributed by atoms with van der Waals surface area (Å²) in [6.45, 7) is 7.19. The van der Waals surface area contributed by atoms with Gasteiger partial charge in [-0.3, -0.25) is 4.79 Å². The molecule has 1 N–H and O–H groups in total. The third kappa shape index (κ3) is 4.44. The molecule has 0 aliphatic carbocycles. The quantitative estimate of drug-likeness (QED) is 0.800. The third-order valence-electron chi connectivity index (χ3n) is 5.34. The molecule has 8 heteroatoms. The van der Waals surface area contributed by atoms with Crippen molar-refractivity contribution < 1.29 is 17.9 Å². The molecule has 2 saturated heterocycles. The Kier molecular flexibility index (Phi) is 6.39. The molecule has 3 rings (SSSR count). The zero-order valence-electron chi connectivity index (χ0n) is 16.1. The minimum Gasteiger partial charge on any atom is -0.379 e. The number of anilines is 2. The molecule has 1 unspecified atom stereocenters. The van der Waals surface area contributed by atoms with Crippen LogP contribution in [-0.4, -0.2) is 58.0 Å². The lowest BCUT2D eigenvalue weighted by Crippen LogP contribution is -2.40. The number of amides is 1. The zero-order valence-corrected chi connectivity index (χ0v) is 16.9. The maximum atomic E-state index is 13.0. The maximum Gasteiger partial charge on any atom is 0.243 e. The summed E-state index contributed by atoms with van der Waals surface area (Å²) in [4.78, 5) is 14.9. The highest BCUT2D eigenvalue weighted by Crippen LogP contribution is 2.33. The van der Waals surface area contributed by atoms with Crippen LogP contribution >= 0.6 is 0 Å². The normalized spacial score (nSPS) is 19.9. The van der Waals surface area contributed by atoms with Crippen molar-refractivity contribution in [1.29, 1.82) is 0 Å². The van der Waals surface area contributed by atoms with E-state index in [1.165, 1.54) is 4.31 Å². The van der Waals surface area contributed by atoms with Gasteiger partial charge in [0.05, 0.1) is 29.5 Å². The van der Waals surface area contributed by atoms with E-state index in [9.17, 15) is 13.2 Å². The lowest BCUT2D eigenvalue weighted by molar-refractivity contribution is -0.119. The van der Waals surface area contributed by atoms with Crippen LogP contribution in [0.25, 0.3) is 0 Å². The Hall–Kier alpha value is -1.64. The molecule has 2 fully saturated rings. The second kappa shape index (κ2) is 8.58. The predicted molar refractivity (Wildman–Crippen MR) is 106 cm³/mol. The average Bonchev–Trinajstić information content (AvgIpc) is 3.22. The van der Waals surface area contributed by atoms with E-state index in [1.54, 1.807) is 12.1 Å². The van der Waals surface area contributed by atoms with Crippen molar-refractivity contribution in [1.82, 2.24) is 4.31 Å². The highest BCUT2D eigenvalue weighted by Gasteiger charge is 2.28. The van der Waals surface area contributed by atoms with Gasteiger partial charge in [-0.2, -0.15) is 4.31 Å². The summed E-state index contributed by atoms with van der Waals surface area (Å²) < 4.78 is 32.7. The van der Waals surface area contributed by atoms with E-state index in [2.05, 4.69) is 10.2 Å². The molecule has 7 nitrogen and oxygen atoms in total. The van der Waals surface area contributed by atoms with Crippen LogP contribution in [0.5, 0.6) is 0 Å². The number of carbonyl (C=O) groups is 1. The number of nitrogens with zero attached hydrogens (tertiary/aromatic N) is 2. The lowest BCUT2D eigenvalue weighted by Gasteiger charge is -2.27. The number of rotatable bonds is 6. The molecule has 2 heterocycles. The Bertz CT molecular complexity index is 769. The molecule has 0 aromatic heterocycles. The van der Waals surface area contributed by atoms with Crippen molar-refractivity contribution >= 4 is 27.3 Å². The fourth-order valence-corrected chi connectivity index (χ4v) is 4.82. The van der Waals surface area contributed by atoms with Crippen molar-refractivity contribution in [2.24, 2.45) is 5.92 Å². The smallest absolute Gasteiger partial charge is 0.243 e. The van der Waals surface area contributed by atoms with E-state index in [1.807, 2.05) is 19.9 Å². The molecule has 1 aromatic rings. The van der Waals surface area contributed by atoms with Crippen LogP contribution < -0.4 is 10.2 Å². The summed E-state index contributed by atoms with van der Waals surface area (Å²) in [6, 6.07) is 5.08. The number of carbonyl (C=O) groups excluding carboxylic acids is 1. The minimum absolute atomic E-state index is 0.0844. The van der Waals surface area contributed by atoms with Gasteiger partial charge in [0.25, 0.3) is 0 Å². The van der Waals surface area contributed by atoms with Gasteiger partial charge >= 0.3 is 0 Å². The average molecular weight is 396 g/mol. The number of hydrogen-bond acceptors (Lipinski definition) is 5. The molecular formula is C19H29N3O4S. The number of sulfonamides is 1. The maximum absolute atomic E-state index is 13.0. The van der Waals surface area contributed by atoms with Gasteiger partial charge in [-0.25, -0.2) is 8.42 Å². The number of ether oxygens (including phenoxy) is 1. The van der Waals surface area contributed by atoms with E-state index < -0.39 is 10.0 Å². The second-order valence-corrected chi connectivity index (χ2v) is 9.13. The Morgan fingerprint density at radius 2 is 1.85 bits per heavy atom. The van der Waals surface area contributed by atoms with Crippen LogP contribution in [0, 0.1) is 5.92 Å².